The molecule has 3 atom stereocenters. The summed E-state index contributed by atoms with van der Waals surface area (Å²) in [5.41, 5.74) is -0.0483. The van der Waals surface area contributed by atoms with E-state index in [1.54, 1.807) is 0 Å². The van der Waals surface area contributed by atoms with Gasteiger partial charge in [-0.2, -0.15) is 0 Å². The minimum atomic E-state index is -0.483. The smallest absolute Gasteiger partial charge is 0.271 e. The van der Waals surface area contributed by atoms with Gasteiger partial charge in [0.2, 0.25) is 0 Å². The highest BCUT2D eigenvalue weighted by Crippen LogP contribution is 2.34. The molecule has 0 amide bonds. The lowest BCUT2D eigenvalue weighted by Gasteiger charge is -2.43. The number of rotatable bonds is 7. The second-order valence-corrected chi connectivity index (χ2v) is 5.40. The van der Waals surface area contributed by atoms with Crippen LogP contribution in [0.15, 0.2) is 18.2 Å². The lowest BCUT2D eigenvalue weighted by Crippen LogP contribution is -2.60. The van der Waals surface area contributed by atoms with Gasteiger partial charge in [0.05, 0.1) is 9.95 Å². The third-order valence-electron chi connectivity index (χ3n) is 3.54. The largest absolute Gasteiger partial charge is 0.486 e. The Balaban J connectivity index is 2.02. The van der Waals surface area contributed by atoms with Gasteiger partial charge in [-0.25, -0.2) is 0 Å². The van der Waals surface area contributed by atoms with E-state index in [1.807, 2.05) is 7.05 Å². The third kappa shape index (κ3) is 3.64. The number of likely N-dealkylation sites (N-methyl/N-ethyl adjacent to an activating group) is 1. The standard InChI is InChI=1S/C14H19ClN2O4/c1-3-6-20-14-11(16-2)8-13(14)21-12-5-4-9(17(18)19)7-10(12)15/h4-5,7,11,13-14,16H,3,6,8H2,1-2H3. The minimum Gasteiger partial charge on any atom is -0.486 e. The highest BCUT2D eigenvalue weighted by molar-refractivity contribution is 6.32. The van der Waals surface area contributed by atoms with Gasteiger partial charge in [0.25, 0.3) is 5.69 Å². The Morgan fingerprint density at radius 3 is 2.86 bits per heavy atom. The van der Waals surface area contributed by atoms with Gasteiger partial charge < -0.3 is 14.8 Å². The molecule has 1 aliphatic rings. The van der Waals surface area contributed by atoms with Crippen LogP contribution in [0, 0.1) is 10.1 Å². The highest BCUT2D eigenvalue weighted by Gasteiger charge is 2.43. The van der Waals surface area contributed by atoms with Crippen molar-refractivity contribution in [3.8, 4) is 5.75 Å². The summed E-state index contributed by atoms with van der Waals surface area (Å²) in [5, 5.41) is 14.1. The maximum Gasteiger partial charge on any atom is 0.271 e. The SMILES string of the molecule is CCCOC1C(NC)CC1Oc1ccc([N+](=O)[O-])cc1Cl. The number of nitrogens with zero attached hydrogens (tertiary/aromatic N) is 1. The fraction of sp³-hybridized carbons (Fsp3) is 0.571. The molecule has 0 heterocycles. The summed E-state index contributed by atoms with van der Waals surface area (Å²) in [4.78, 5) is 10.2. The van der Waals surface area contributed by atoms with Crippen molar-refractivity contribution in [3.63, 3.8) is 0 Å². The van der Waals surface area contributed by atoms with E-state index in [1.165, 1.54) is 18.2 Å². The zero-order valence-corrected chi connectivity index (χ0v) is 12.8. The molecule has 1 saturated carbocycles. The van der Waals surface area contributed by atoms with Crippen LogP contribution in [0.3, 0.4) is 0 Å². The van der Waals surface area contributed by atoms with E-state index in [4.69, 9.17) is 21.1 Å². The van der Waals surface area contributed by atoms with Crippen LogP contribution in [0.4, 0.5) is 5.69 Å². The summed E-state index contributed by atoms with van der Waals surface area (Å²) in [7, 11) is 1.89. The van der Waals surface area contributed by atoms with Gasteiger partial charge in [-0.15, -0.1) is 0 Å². The number of nitro groups is 1. The summed E-state index contributed by atoms with van der Waals surface area (Å²) in [6.45, 7) is 2.73. The van der Waals surface area contributed by atoms with Crippen molar-refractivity contribution >= 4 is 17.3 Å². The molecule has 1 aromatic carbocycles. The maximum absolute atomic E-state index is 10.7. The van der Waals surface area contributed by atoms with E-state index in [0.717, 1.165) is 12.8 Å². The van der Waals surface area contributed by atoms with Gasteiger partial charge in [0, 0.05) is 31.2 Å². The molecule has 0 radical (unpaired) electrons. The molecule has 1 aromatic rings. The highest BCUT2D eigenvalue weighted by atomic mass is 35.5. The molecule has 0 aromatic heterocycles. The van der Waals surface area contributed by atoms with E-state index >= 15 is 0 Å². The molecule has 0 aliphatic heterocycles. The Morgan fingerprint density at radius 2 is 2.29 bits per heavy atom. The first-order valence-corrected chi connectivity index (χ1v) is 7.34. The molecule has 0 spiro atoms. The van der Waals surface area contributed by atoms with Gasteiger partial charge in [0.1, 0.15) is 18.0 Å². The van der Waals surface area contributed by atoms with Crippen LogP contribution in [-0.2, 0) is 4.74 Å². The van der Waals surface area contributed by atoms with E-state index in [-0.39, 0.29) is 29.0 Å². The normalized spacial score (nSPS) is 24.4. The van der Waals surface area contributed by atoms with Gasteiger partial charge in [0.15, 0.2) is 0 Å². The molecule has 21 heavy (non-hydrogen) atoms. The van der Waals surface area contributed by atoms with Crippen LogP contribution >= 0.6 is 11.6 Å². The quantitative estimate of drug-likeness (QED) is 0.619. The molecular weight excluding hydrogens is 296 g/mol. The Morgan fingerprint density at radius 1 is 1.52 bits per heavy atom. The Bertz CT molecular complexity index is 512. The summed E-state index contributed by atoms with van der Waals surface area (Å²) in [6.07, 6.45) is 1.64. The number of halogens is 1. The van der Waals surface area contributed by atoms with Crippen molar-refractivity contribution in [1.82, 2.24) is 5.32 Å². The number of nitrogens with one attached hydrogen (secondary N) is 1. The average molecular weight is 315 g/mol. The summed E-state index contributed by atoms with van der Waals surface area (Å²) < 4.78 is 11.6. The Hall–Kier alpha value is -1.37. The van der Waals surface area contributed by atoms with Gasteiger partial charge >= 0.3 is 0 Å². The van der Waals surface area contributed by atoms with Crippen LogP contribution in [0.5, 0.6) is 5.75 Å². The third-order valence-corrected chi connectivity index (χ3v) is 3.83. The van der Waals surface area contributed by atoms with Crippen molar-refractivity contribution < 1.29 is 14.4 Å². The summed E-state index contributed by atoms with van der Waals surface area (Å²) in [5.74, 6) is 0.451. The van der Waals surface area contributed by atoms with Crippen LogP contribution in [0.1, 0.15) is 19.8 Å². The molecule has 1 aliphatic carbocycles. The average Bonchev–Trinajstić information content (AvgIpc) is 2.44. The molecular formula is C14H19ClN2O4. The molecule has 6 nitrogen and oxygen atoms in total. The van der Waals surface area contributed by atoms with E-state index < -0.39 is 4.92 Å². The number of non-ortho nitro benzene ring substituents is 1. The second kappa shape index (κ2) is 7.06. The topological polar surface area (TPSA) is 73.6 Å². The lowest BCUT2D eigenvalue weighted by atomic mass is 9.85. The van der Waals surface area contributed by atoms with Crippen molar-refractivity contribution in [2.24, 2.45) is 0 Å². The van der Waals surface area contributed by atoms with Crippen LogP contribution < -0.4 is 10.1 Å². The summed E-state index contributed by atoms with van der Waals surface area (Å²) in [6, 6.07) is 4.48. The zero-order valence-electron chi connectivity index (χ0n) is 12.0. The van der Waals surface area contributed by atoms with Crippen LogP contribution in [0.2, 0.25) is 5.02 Å². The first kappa shape index (κ1) is 16.0. The summed E-state index contributed by atoms with van der Waals surface area (Å²) >= 11 is 6.04. The molecule has 3 unspecified atom stereocenters. The van der Waals surface area contributed by atoms with Gasteiger partial charge in [-0.3, -0.25) is 10.1 Å². The first-order valence-electron chi connectivity index (χ1n) is 6.96. The molecule has 116 valence electrons. The van der Waals surface area contributed by atoms with E-state index in [9.17, 15) is 10.1 Å². The van der Waals surface area contributed by atoms with E-state index in [2.05, 4.69) is 12.2 Å². The minimum absolute atomic E-state index is 0.0267. The Kier molecular flexibility index (Phi) is 5.39. The first-order chi connectivity index (χ1) is 10.1. The van der Waals surface area contributed by atoms with Crippen molar-refractivity contribution in [3.05, 3.63) is 33.3 Å². The number of hydrogen-bond donors (Lipinski definition) is 1. The Labute approximate surface area is 128 Å². The zero-order chi connectivity index (χ0) is 15.4. The van der Waals surface area contributed by atoms with Crippen LogP contribution in [0.25, 0.3) is 0 Å². The number of benzene rings is 1. The monoisotopic (exact) mass is 314 g/mol. The number of nitro benzene ring substituents is 1. The molecule has 7 heteroatoms. The van der Waals surface area contributed by atoms with E-state index in [0.29, 0.717) is 12.4 Å². The molecule has 0 saturated heterocycles. The number of ether oxygens (including phenoxy) is 2. The van der Waals surface area contributed by atoms with Crippen molar-refractivity contribution in [1.29, 1.82) is 0 Å². The van der Waals surface area contributed by atoms with Gasteiger partial charge in [-0.05, 0) is 19.5 Å². The predicted molar refractivity (Wildman–Crippen MR) is 80.0 cm³/mol. The lowest BCUT2D eigenvalue weighted by molar-refractivity contribution is -0.384. The predicted octanol–water partition coefficient (Wildman–Crippen LogP) is 2.78. The number of hydrogen-bond acceptors (Lipinski definition) is 5. The van der Waals surface area contributed by atoms with Crippen molar-refractivity contribution in [2.45, 2.75) is 38.0 Å². The fourth-order valence-corrected chi connectivity index (χ4v) is 2.54. The maximum atomic E-state index is 10.7. The molecule has 0 bridgehead atoms. The molecule has 2 rings (SSSR count). The molecule has 1 N–H and O–H groups in total. The van der Waals surface area contributed by atoms with Crippen molar-refractivity contribution in [2.75, 3.05) is 13.7 Å². The van der Waals surface area contributed by atoms with Crippen LogP contribution in [-0.4, -0.2) is 36.8 Å². The fourth-order valence-electron chi connectivity index (χ4n) is 2.32. The second-order valence-electron chi connectivity index (χ2n) is 4.99. The van der Waals surface area contributed by atoms with Gasteiger partial charge in [-0.1, -0.05) is 18.5 Å². The molecule has 1 fully saturated rings.